The number of allylic oxidation sites excluding steroid dienone is 1. The first-order valence-electron chi connectivity index (χ1n) is 7.41. The predicted octanol–water partition coefficient (Wildman–Crippen LogP) is -2.00. The third-order valence-corrected chi connectivity index (χ3v) is 3.05. The van der Waals surface area contributed by atoms with Gasteiger partial charge in [-0.15, -0.1) is 0 Å². The quantitative estimate of drug-likeness (QED) is 0.198. The summed E-state index contributed by atoms with van der Waals surface area (Å²) >= 11 is 0. The van der Waals surface area contributed by atoms with Crippen LogP contribution < -0.4 is 34.7 Å². The van der Waals surface area contributed by atoms with E-state index < -0.39 is 18.1 Å². The van der Waals surface area contributed by atoms with Gasteiger partial charge in [0, 0.05) is 6.54 Å². The van der Waals surface area contributed by atoms with E-state index in [2.05, 4.69) is 11.9 Å². The zero-order valence-corrected chi connectivity index (χ0v) is 16.2. The molecule has 0 heterocycles. The maximum Gasteiger partial charge on any atom is 1.00 e. The van der Waals surface area contributed by atoms with E-state index in [-0.39, 0.29) is 48.7 Å². The van der Waals surface area contributed by atoms with Gasteiger partial charge in [-0.25, -0.2) is 0 Å². The van der Waals surface area contributed by atoms with Crippen LogP contribution in [0.25, 0.3) is 0 Å². The summed E-state index contributed by atoms with van der Waals surface area (Å²) in [6, 6.07) is -0.801. The maximum absolute atomic E-state index is 11.6. The molecule has 0 bridgehead atoms. The van der Waals surface area contributed by atoms with Gasteiger partial charge in [0.05, 0.1) is 12.8 Å². The van der Waals surface area contributed by atoms with Crippen molar-refractivity contribution in [2.75, 3.05) is 13.2 Å². The Morgan fingerprint density at radius 1 is 1.36 bits per heavy atom. The second-order valence-corrected chi connectivity index (χ2v) is 5.17. The fourth-order valence-corrected chi connectivity index (χ4v) is 1.74. The summed E-state index contributed by atoms with van der Waals surface area (Å²) in [6.07, 6.45) is 6.69. The Balaban J connectivity index is 0. The molecule has 0 aliphatic heterocycles. The number of unbranched alkanes of at least 4 members (excludes halogenated alkanes) is 3. The second kappa shape index (κ2) is 14.2. The monoisotopic (exact) mass is 322 g/mol. The molecule has 7 heteroatoms. The van der Waals surface area contributed by atoms with Crippen molar-refractivity contribution in [1.29, 1.82) is 0 Å². The molecule has 0 aromatic heterocycles. The molecule has 2 atom stereocenters. The number of carbonyl (C=O) groups is 1. The molecule has 0 rings (SSSR count). The summed E-state index contributed by atoms with van der Waals surface area (Å²) in [7, 11) is 0. The number of aliphatic hydroxyl groups is 1. The summed E-state index contributed by atoms with van der Waals surface area (Å²) in [5.74, 6) is -1.38. The minimum absolute atomic E-state index is 0. The van der Waals surface area contributed by atoms with Gasteiger partial charge in [0.25, 0.3) is 0 Å². The Labute approximate surface area is 155 Å². The van der Waals surface area contributed by atoms with Gasteiger partial charge in [0.2, 0.25) is 0 Å². The fraction of sp³-hybridized carbons (Fsp3) is 0.733. The summed E-state index contributed by atoms with van der Waals surface area (Å²) in [4.78, 5) is 16.3. The molecule has 0 amide bonds. The minimum Gasteiger partial charge on any atom is -0.859 e. The first-order chi connectivity index (χ1) is 9.88. The van der Waals surface area contributed by atoms with Crippen LogP contribution in [0.15, 0.2) is 17.1 Å². The molecule has 0 fully saturated rings. The number of hydrogen-bond donors (Lipinski definition) is 2. The number of aliphatic imine (C=N–C) groups is 1. The Hall–Kier alpha value is -0.400. The van der Waals surface area contributed by atoms with Gasteiger partial charge in [0.15, 0.2) is 0 Å². The molecule has 2 N–H and O–H groups in total. The summed E-state index contributed by atoms with van der Waals surface area (Å²) in [5.41, 5.74) is 0. The van der Waals surface area contributed by atoms with E-state index in [9.17, 15) is 15.0 Å². The molecule has 0 radical (unpaired) electrons. The number of carboxylic acids is 1. The fourth-order valence-electron chi connectivity index (χ4n) is 1.74. The van der Waals surface area contributed by atoms with E-state index in [1.54, 1.807) is 13.0 Å². The average Bonchev–Trinajstić information content (AvgIpc) is 2.41. The van der Waals surface area contributed by atoms with Crippen LogP contribution in [-0.4, -0.2) is 52.3 Å². The van der Waals surface area contributed by atoms with E-state index in [1.165, 1.54) is 17.9 Å². The third kappa shape index (κ3) is 12.2. The normalized spacial score (nSPS) is 14.9. The molecule has 0 spiro atoms. The molecule has 122 valence electrons. The second-order valence-electron chi connectivity index (χ2n) is 5.17. The molecular weight excluding hydrogens is 295 g/mol. The van der Waals surface area contributed by atoms with Crippen LogP contribution >= 0.6 is 0 Å². The van der Waals surface area contributed by atoms with Crippen molar-refractivity contribution in [3.63, 3.8) is 0 Å². The maximum atomic E-state index is 11.6. The topological polar surface area (TPSA) is 96.2 Å². The summed E-state index contributed by atoms with van der Waals surface area (Å²) in [6.45, 7) is 5.31. The van der Waals surface area contributed by atoms with Crippen molar-refractivity contribution in [3.8, 4) is 0 Å². The predicted molar refractivity (Wildman–Crippen MR) is 81.1 cm³/mol. The number of carboxylic acid groups (broad SMARTS) is 1. The van der Waals surface area contributed by atoms with Crippen LogP contribution in [0.5, 0.6) is 0 Å². The van der Waals surface area contributed by atoms with E-state index in [0.717, 1.165) is 25.7 Å². The molecule has 22 heavy (non-hydrogen) atoms. The van der Waals surface area contributed by atoms with Crippen molar-refractivity contribution >= 4 is 11.9 Å². The number of hydrogen-bond acceptors (Lipinski definition) is 5. The van der Waals surface area contributed by atoms with Crippen molar-refractivity contribution in [1.82, 2.24) is 4.90 Å². The Kier molecular flexibility index (Phi) is 15.4. The summed E-state index contributed by atoms with van der Waals surface area (Å²) < 4.78 is 0. The first kappa shape index (κ1) is 23.9. The van der Waals surface area contributed by atoms with E-state index in [0.29, 0.717) is 0 Å². The zero-order chi connectivity index (χ0) is 16.3. The molecule has 0 aliphatic carbocycles. The number of aliphatic hydroxyl groups excluding tert-OH is 1. The van der Waals surface area contributed by atoms with Crippen LogP contribution in [-0.2, 0) is 4.79 Å². The molecule has 0 saturated carbocycles. The molecule has 2 unspecified atom stereocenters. The van der Waals surface area contributed by atoms with Gasteiger partial charge in [0.1, 0.15) is 6.04 Å². The zero-order valence-electron chi connectivity index (χ0n) is 14.2. The van der Waals surface area contributed by atoms with Crippen molar-refractivity contribution in [2.24, 2.45) is 4.99 Å². The standard InChI is InChI=1S/C15H28N2O4.Na/c1-4-5-6-7-8-9-14(19)16-11-17(10-12(2)18)13(3)15(20)21;/h8-9,12-13,18H,4-7,10-11H2,1-3H3,(H,16,19)(H,20,21);/q;+1/p-1/b9-8+;. The van der Waals surface area contributed by atoms with Gasteiger partial charge < -0.3 is 15.3 Å². The van der Waals surface area contributed by atoms with Gasteiger partial charge in [-0.1, -0.05) is 31.9 Å². The van der Waals surface area contributed by atoms with Crippen molar-refractivity contribution < 1.29 is 49.7 Å². The van der Waals surface area contributed by atoms with Crippen LogP contribution in [0, 0.1) is 0 Å². The van der Waals surface area contributed by atoms with Crippen LogP contribution in [0.2, 0.25) is 0 Å². The van der Waals surface area contributed by atoms with Gasteiger partial charge >= 0.3 is 35.5 Å². The Morgan fingerprint density at radius 2 is 2.00 bits per heavy atom. The smallest absolute Gasteiger partial charge is 0.859 e. The van der Waals surface area contributed by atoms with Gasteiger partial charge in [-0.2, -0.15) is 0 Å². The molecule has 0 aliphatic rings. The van der Waals surface area contributed by atoms with E-state index in [4.69, 9.17) is 5.11 Å². The van der Waals surface area contributed by atoms with E-state index in [1.807, 2.05) is 0 Å². The number of nitrogens with zero attached hydrogens (tertiary/aromatic N) is 2. The van der Waals surface area contributed by atoms with Crippen LogP contribution in [0.3, 0.4) is 0 Å². The van der Waals surface area contributed by atoms with Gasteiger partial charge in [-0.3, -0.25) is 14.7 Å². The molecule has 0 aromatic rings. The largest absolute Gasteiger partial charge is 1.00 e. The van der Waals surface area contributed by atoms with Crippen molar-refractivity contribution in [2.45, 2.75) is 58.6 Å². The molecule has 6 nitrogen and oxygen atoms in total. The van der Waals surface area contributed by atoms with Crippen molar-refractivity contribution in [3.05, 3.63) is 12.2 Å². The van der Waals surface area contributed by atoms with Crippen LogP contribution in [0.4, 0.5) is 0 Å². The Morgan fingerprint density at radius 3 is 2.50 bits per heavy atom. The summed E-state index contributed by atoms with van der Waals surface area (Å²) in [5, 5.41) is 29.9. The third-order valence-electron chi connectivity index (χ3n) is 3.05. The molecular formula is C15H27N2NaO4. The Bertz CT molecular complexity index is 359. The van der Waals surface area contributed by atoms with Gasteiger partial charge in [-0.05, 0) is 32.6 Å². The van der Waals surface area contributed by atoms with E-state index >= 15 is 0 Å². The number of rotatable bonds is 11. The average molecular weight is 322 g/mol. The minimum atomic E-state index is -1.01. The number of aliphatic carboxylic acids is 1. The molecule has 0 saturated heterocycles. The first-order valence-corrected chi connectivity index (χ1v) is 7.41. The SMILES string of the molecule is CCCCC/C=C/C([O-])=NCN(CC(C)O)C(C)C(=O)O.[Na+]. The molecule has 0 aromatic carbocycles. The van der Waals surface area contributed by atoms with Crippen LogP contribution in [0.1, 0.15) is 46.5 Å².